The van der Waals surface area contributed by atoms with Crippen LogP contribution in [0.2, 0.25) is 10.3 Å². The van der Waals surface area contributed by atoms with Crippen molar-refractivity contribution in [3.8, 4) is 0 Å². The van der Waals surface area contributed by atoms with Gasteiger partial charge in [0, 0.05) is 0 Å². The quantitative estimate of drug-likeness (QED) is 0.628. The number of carbonyl (C=O) groups excluding carboxylic acids is 1. The molecule has 1 atom stereocenters. The van der Waals surface area contributed by atoms with Crippen LogP contribution >= 0.6 is 11.6 Å². The number of esters is 1. The summed E-state index contributed by atoms with van der Waals surface area (Å²) in [6, 6.07) is 16.6. The van der Waals surface area contributed by atoms with Crippen LogP contribution < -0.4 is 4.46 Å². The van der Waals surface area contributed by atoms with E-state index >= 15 is 0 Å². The van der Waals surface area contributed by atoms with Crippen molar-refractivity contribution in [2.45, 2.75) is 11.4 Å². The molecule has 0 aliphatic carbocycles. The first-order valence-electron chi connectivity index (χ1n) is 6.44. The molecule has 0 spiro atoms. The number of aliphatic hydroxyl groups excluding tert-OH is 1. The Morgan fingerprint density at radius 3 is 2.62 bits per heavy atom. The van der Waals surface area contributed by atoms with E-state index in [-0.39, 0.29) is 21.6 Å². The molecule has 110 valence electrons. The molecular weight excluding hydrogens is 355 g/mol. The van der Waals surface area contributed by atoms with Crippen LogP contribution in [0.15, 0.2) is 54.6 Å². The summed E-state index contributed by atoms with van der Waals surface area (Å²) in [5, 5.41) is 10.5. The minimum absolute atomic E-state index is 0.156. The molecule has 0 aromatic heterocycles. The normalized spacial score (nSPS) is 11.9. The van der Waals surface area contributed by atoms with Crippen LogP contribution in [0.4, 0.5) is 0 Å². The predicted octanol–water partition coefficient (Wildman–Crippen LogP) is 2.31. The summed E-state index contributed by atoms with van der Waals surface area (Å²) >= 11 is 6.00. The van der Waals surface area contributed by atoms with E-state index in [0.29, 0.717) is 15.9 Å². The zero-order valence-corrected chi connectivity index (χ0v) is 13.7. The molecule has 21 heavy (non-hydrogen) atoms. The number of hydrogen-bond donors (Lipinski definition) is 1. The maximum absolute atomic E-state index is 12.0. The Balaban J connectivity index is 1.91. The van der Waals surface area contributed by atoms with Crippen LogP contribution in [-0.2, 0) is 4.74 Å². The van der Waals surface area contributed by atoms with Crippen molar-refractivity contribution in [2.24, 2.45) is 0 Å². The molecule has 5 heteroatoms. The summed E-state index contributed by atoms with van der Waals surface area (Å²) < 4.78 is 6.54. The van der Waals surface area contributed by atoms with Crippen molar-refractivity contribution in [3.63, 3.8) is 0 Å². The van der Waals surface area contributed by atoms with Gasteiger partial charge in [-0.2, -0.15) is 0 Å². The van der Waals surface area contributed by atoms with Gasteiger partial charge in [0.05, 0.1) is 0 Å². The molecular formula is C16H15ClO3Se. The summed E-state index contributed by atoms with van der Waals surface area (Å²) in [5.41, 5.74) is 0.396. The second-order valence-corrected chi connectivity index (χ2v) is 7.07. The zero-order chi connectivity index (χ0) is 15.1. The van der Waals surface area contributed by atoms with Gasteiger partial charge in [-0.1, -0.05) is 0 Å². The molecule has 1 unspecified atom stereocenters. The Morgan fingerprint density at radius 1 is 1.19 bits per heavy atom. The third-order valence-electron chi connectivity index (χ3n) is 2.72. The van der Waals surface area contributed by atoms with E-state index in [1.807, 2.05) is 30.3 Å². The molecule has 0 aliphatic heterocycles. The fraction of sp³-hybridized carbons (Fsp3) is 0.188. The summed E-state index contributed by atoms with van der Waals surface area (Å²) in [6.07, 6.45) is -0.489. The van der Waals surface area contributed by atoms with Crippen LogP contribution in [0.5, 0.6) is 0 Å². The van der Waals surface area contributed by atoms with E-state index in [1.165, 1.54) is 4.46 Å². The topological polar surface area (TPSA) is 46.5 Å². The van der Waals surface area contributed by atoms with Crippen molar-refractivity contribution in [1.82, 2.24) is 0 Å². The molecule has 0 aliphatic rings. The molecule has 1 N–H and O–H groups in total. The predicted molar refractivity (Wildman–Crippen MR) is 84.4 cm³/mol. The number of benzene rings is 2. The molecule has 0 saturated heterocycles. The molecule has 0 radical (unpaired) electrons. The van der Waals surface area contributed by atoms with Gasteiger partial charge < -0.3 is 0 Å². The number of hydrogen-bond acceptors (Lipinski definition) is 3. The molecule has 0 saturated carbocycles. The van der Waals surface area contributed by atoms with Crippen molar-refractivity contribution in [3.05, 3.63) is 65.2 Å². The van der Waals surface area contributed by atoms with E-state index in [4.69, 9.17) is 16.3 Å². The van der Waals surface area contributed by atoms with Crippen molar-refractivity contribution in [1.29, 1.82) is 0 Å². The first-order chi connectivity index (χ1) is 10.2. The van der Waals surface area contributed by atoms with Gasteiger partial charge in [0.15, 0.2) is 0 Å². The van der Waals surface area contributed by atoms with Crippen LogP contribution in [0.25, 0.3) is 0 Å². The third-order valence-corrected chi connectivity index (χ3v) is 5.35. The molecule has 0 fully saturated rings. The molecule has 2 aromatic carbocycles. The molecule has 0 amide bonds. The SMILES string of the molecule is O=C(OC(CO)C[Se]c1ccccc1)c1cccc(Cl)c1. The summed E-state index contributed by atoms with van der Waals surface area (Å²) in [6.45, 7) is -0.180. The van der Waals surface area contributed by atoms with Crippen molar-refractivity contribution in [2.75, 3.05) is 6.61 Å². The van der Waals surface area contributed by atoms with E-state index < -0.39 is 12.1 Å². The number of aliphatic hydroxyl groups is 1. The minimum atomic E-state index is -0.489. The Hall–Kier alpha value is -1.32. The molecule has 0 heterocycles. The monoisotopic (exact) mass is 370 g/mol. The second-order valence-electron chi connectivity index (χ2n) is 4.34. The summed E-state index contributed by atoms with van der Waals surface area (Å²) in [7, 11) is 0. The third kappa shape index (κ3) is 5.18. The summed E-state index contributed by atoms with van der Waals surface area (Å²) in [5.74, 6) is -0.458. The average Bonchev–Trinajstić information content (AvgIpc) is 2.52. The Bertz CT molecular complexity index is 589. The second kappa shape index (κ2) is 8.20. The van der Waals surface area contributed by atoms with Crippen LogP contribution in [0.1, 0.15) is 10.4 Å². The standard InChI is InChI=1S/C16H15ClO3Se/c17-13-6-4-5-12(9-13)16(19)20-14(10-18)11-21-15-7-2-1-3-8-15/h1-9,14,18H,10-11H2. The van der Waals surface area contributed by atoms with Crippen LogP contribution in [0, 0.1) is 0 Å². The van der Waals surface area contributed by atoms with Gasteiger partial charge >= 0.3 is 135 Å². The molecule has 2 rings (SSSR count). The fourth-order valence-corrected chi connectivity index (χ4v) is 3.75. The summed E-state index contributed by atoms with van der Waals surface area (Å²) in [4.78, 5) is 12.0. The number of carbonyl (C=O) groups is 1. The Labute approximate surface area is 135 Å². The first kappa shape index (κ1) is 16.1. The molecule has 0 bridgehead atoms. The number of rotatable bonds is 6. The maximum atomic E-state index is 12.0. The van der Waals surface area contributed by atoms with E-state index in [9.17, 15) is 9.90 Å². The first-order valence-corrected chi connectivity index (χ1v) is 8.89. The van der Waals surface area contributed by atoms with Gasteiger partial charge in [-0.05, 0) is 0 Å². The zero-order valence-electron chi connectivity index (χ0n) is 11.2. The number of halogens is 1. The van der Waals surface area contributed by atoms with Gasteiger partial charge in [0.25, 0.3) is 0 Å². The van der Waals surface area contributed by atoms with Gasteiger partial charge in [0.1, 0.15) is 0 Å². The van der Waals surface area contributed by atoms with E-state index in [2.05, 4.69) is 0 Å². The Kier molecular flexibility index (Phi) is 6.27. The van der Waals surface area contributed by atoms with Crippen molar-refractivity contribution < 1.29 is 14.6 Å². The molecule has 2 aromatic rings. The average molecular weight is 370 g/mol. The van der Waals surface area contributed by atoms with Crippen LogP contribution in [0.3, 0.4) is 0 Å². The van der Waals surface area contributed by atoms with Gasteiger partial charge in [-0.15, -0.1) is 0 Å². The van der Waals surface area contributed by atoms with E-state index in [0.717, 1.165) is 0 Å². The molecule has 3 nitrogen and oxygen atoms in total. The van der Waals surface area contributed by atoms with E-state index in [1.54, 1.807) is 24.3 Å². The van der Waals surface area contributed by atoms with Crippen molar-refractivity contribution >= 4 is 37.0 Å². The van der Waals surface area contributed by atoms with Gasteiger partial charge in [-0.3, -0.25) is 0 Å². The fourth-order valence-electron chi connectivity index (χ4n) is 1.66. The Morgan fingerprint density at radius 2 is 1.95 bits per heavy atom. The van der Waals surface area contributed by atoms with Crippen LogP contribution in [-0.4, -0.2) is 38.7 Å². The van der Waals surface area contributed by atoms with Gasteiger partial charge in [-0.25, -0.2) is 0 Å². The number of ether oxygens (including phenoxy) is 1. The van der Waals surface area contributed by atoms with Gasteiger partial charge in [0.2, 0.25) is 0 Å².